The van der Waals surface area contributed by atoms with Crippen molar-refractivity contribution in [1.29, 1.82) is 0 Å². The van der Waals surface area contributed by atoms with Gasteiger partial charge in [-0.3, -0.25) is 0 Å². The van der Waals surface area contributed by atoms with Crippen molar-refractivity contribution in [3.8, 4) is 0 Å². The van der Waals surface area contributed by atoms with Crippen LogP contribution in [0.15, 0.2) is 18.3 Å². The average molecular weight is 290 g/mol. The lowest BCUT2D eigenvalue weighted by Gasteiger charge is -2.35. The maximum atomic E-state index is 4.67. The molecule has 21 heavy (non-hydrogen) atoms. The maximum absolute atomic E-state index is 4.67. The van der Waals surface area contributed by atoms with Crippen LogP contribution in [-0.2, 0) is 0 Å². The Hall–Kier alpha value is -1.13. The van der Waals surface area contributed by atoms with E-state index in [4.69, 9.17) is 0 Å². The van der Waals surface area contributed by atoms with Gasteiger partial charge in [-0.25, -0.2) is 4.98 Å². The number of rotatable bonds is 6. The van der Waals surface area contributed by atoms with E-state index >= 15 is 0 Å². The fourth-order valence-corrected chi connectivity index (χ4v) is 2.93. The van der Waals surface area contributed by atoms with Crippen LogP contribution in [0.4, 0.5) is 5.82 Å². The molecule has 0 radical (unpaired) electrons. The highest BCUT2D eigenvalue weighted by molar-refractivity contribution is 5.40. The Morgan fingerprint density at radius 3 is 2.57 bits per heavy atom. The van der Waals surface area contributed by atoms with E-state index < -0.39 is 0 Å². The first kappa shape index (κ1) is 16.2. The maximum Gasteiger partial charge on any atom is 0.128 e. The molecule has 0 bridgehead atoms. The Balaban J connectivity index is 1.91. The van der Waals surface area contributed by atoms with Crippen molar-refractivity contribution >= 4 is 5.82 Å². The van der Waals surface area contributed by atoms with E-state index in [2.05, 4.69) is 60.2 Å². The van der Waals surface area contributed by atoms with Gasteiger partial charge >= 0.3 is 0 Å². The number of aromatic nitrogens is 1. The van der Waals surface area contributed by atoms with Crippen LogP contribution in [0.1, 0.15) is 44.7 Å². The summed E-state index contributed by atoms with van der Waals surface area (Å²) in [5.74, 6) is 1.12. The number of hydrogen-bond donors (Lipinski definition) is 1. The summed E-state index contributed by atoms with van der Waals surface area (Å²) in [6.07, 6.45) is 5.65. The van der Waals surface area contributed by atoms with Crippen LogP contribution in [0, 0.1) is 0 Å². The van der Waals surface area contributed by atoms with E-state index in [9.17, 15) is 0 Å². The summed E-state index contributed by atoms with van der Waals surface area (Å²) in [4.78, 5) is 9.43. The third-order valence-electron chi connectivity index (χ3n) is 4.49. The van der Waals surface area contributed by atoms with Gasteiger partial charge in [-0.05, 0) is 58.5 Å². The quantitative estimate of drug-likeness (QED) is 0.873. The first-order chi connectivity index (χ1) is 10.1. The van der Waals surface area contributed by atoms with Crippen LogP contribution in [0.5, 0.6) is 0 Å². The summed E-state index contributed by atoms with van der Waals surface area (Å²) in [6.45, 7) is 7.67. The number of nitrogens with zero attached hydrogens (tertiary/aromatic N) is 3. The lowest BCUT2D eigenvalue weighted by atomic mass is 10.0. The fraction of sp³-hybridized carbons (Fsp3) is 0.706. The molecule has 0 saturated carbocycles. The minimum Gasteiger partial charge on any atom is -0.357 e. The molecule has 1 aliphatic heterocycles. The molecule has 2 heterocycles. The molecular formula is C17H30N4. The largest absolute Gasteiger partial charge is 0.357 e. The number of piperidine rings is 1. The topological polar surface area (TPSA) is 31.4 Å². The lowest BCUT2D eigenvalue weighted by molar-refractivity contribution is 0.249. The second kappa shape index (κ2) is 7.76. The van der Waals surface area contributed by atoms with Crippen molar-refractivity contribution in [1.82, 2.24) is 15.2 Å². The first-order valence-corrected chi connectivity index (χ1v) is 8.22. The first-order valence-electron chi connectivity index (χ1n) is 8.22. The molecular weight excluding hydrogens is 260 g/mol. The molecule has 2 rings (SSSR count). The number of anilines is 1. The molecule has 0 aromatic carbocycles. The average Bonchev–Trinajstić information content (AvgIpc) is 2.53. The van der Waals surface area contributed by atoms with E-state index in [1.165, 1.54) is 18.4 Å². The van der Waals surface area contributed by atoms with Crippen molar-refractivity contribution in [2.45, 2.75) is 45.2 Å². The van der Waals surface area contributed by atoms with Crippen molar-refractivity contribution in [3.63, 3.8) is 0 Å². The zero-order chi connectivity index (χ0) is 15.2. The van der Waals surface area contributed by atoms with Crippen molar-refractivity contribution < 1.29 is 0 Å². The molecule has 1 fully saturated rings. The molecule has 1 atom stereocenters. The molecule has 118 valence electrons. The van der Waals surface area contributed by atoms with Gasteiger partial charge in [0.2, 0.25) is 0 Å². The number of nitrogens with one attached hydrogen (secondary N) is 1. The molecule has 0 amide bonds. The second-order valence-corrected chi connectivity index (χ2v) is 6.31. The van der Waals surface area contributed by atoms with Crippen LogP contribution in [0.3, 0.4) is 0 Å². The third-order valence-corrected chi connectivity index (χ3v) is 4.49. The predicted molar refractivity (Wildman–Crippen MR) is 89.9 cm³/mol. The highest BCUT2D eigenvalue weighted by Crippen LogP contribution is 2.21. The Morgan fingerprint density at radius 1 is 1.33 bits per heavy atom. The van der Waals surface area contributed by atoms with E-state index in [1.807, 2.05) is 6.20 Å². The van der Waals surface area contributed by atoms with Crippen molar-refractivity contribution in [2.75, 3.05) is 38.6 Å². The normalized spacial score (nSPS) is 18.2. The smallest absolute Gasteiger partial charge is 0.128 e. The Labute approximate surface area is 129 Å². The highest BCUT2D eigenvalue weighted by atomic mass is 15.2. The standard InChI is InChI=1S/C17H30N4/c1-5-10-18-14(2)15-6-7-17(19-13-15)21-11-8-16(9-12-21)20(3)4/h6-7,13-14,16,18H,5,8-12H2,1-4H3. The van der Waals surface area contributed by atoms with Gasteiger partial charge in [-0.1, -0.05) is 13.0 Å². The van der Waals surface area contributed by atoms with Gasteiger partial charge in [0.05, 0.1) is 0 Å². The Bertz CT molecular complexity index is 407. The van der Waals surface area contributed by atoms with Gasteiger partial charge in [0.25, 0.3) is 0 Å². The van der Waals surface area contributed by atoms with Crippen LogP contribution >= 0.6 is 0 Å². The molecule has 0 aliphatic carbocycles. The zero-order valence-electron chi connectivity index (χ0n) is 14.0. The van der Waals surface area contributed by atoms with Crippen molar-refractivity contribution in [2.24, 2.45) is 0 Å². The van der Waals surface area contributed by atoms with Gasteiger partial charge in [-0.2, -0.15) is 0 Å². The predicted octanol–water partition coefficient (Wildman–Crippen LogP) is 2.67. The van der Waals surface area contributed by atoms with Crippen LogP contribution < -0.4 is 10.2 Å². The molecule has 1 saturated heterocycles. The van der Waals surface area contributed by atoms with E-state index in [0.29, 0.717) is 6.04 Å². The molecule has 0 spiro atoms. The monoisotopic (exact) mass is 290 g/mol. The summed E-state index contributed by atoms with van der Waals surface area (Å²) in [5.41, 5.74) is 1.27. The summed E-state index contributed by atoms with van der Waals surface area (Å²) < 4.78 is 0. The minimum atomic E-state index is 0.381. The summed E-state index contributed by atoms with van der Waals surface area (Å²) >= 11 is 0. The summed E-state index contributed by atoms with van der Waals surface area (Å²) in [6, 6.07) is 5.49. The lowest BCUT2D eigenvalue weighted by Crippen LogP contribution is -2.42. The van der Waals surface area contributed by atoms with Crippen LogP contribution in [0.2, 0.25) is 0 Å². The van der Waals surface area contributed by atoms with Gasteiger partial charge in [0, 0.05) is 31.4 Å². The van der Waals surface area contributed by atoms with Crippen molar-refractivity contribution in [3.05, 3.63) is 23.9 Å². The molecule has 1 aromatic heterocycles. The molecule has 1 aromatic rings. The van der Waals surface area contributed by atoms with Gasteiger partial charge in [-0.15, -0.1) is 0 Å². The van der Waals surface area contributed by atoms with E-state index in [1.54, 1.807) is 0 Å². The molecule has 1 unspecified atom stereocenters. The van der Waals surface area contributed by atoms with Crippen LogP contribution in [-0.4, -0.2) is 49.7 Å². The van der Waals surface area contributed by atoms with E-state index in [-0.39, 0.29) is 0 Å². The fourth-order valence-electron chi connectivity index (χ4n) is 2.93. The molecule has 4 heteroatoms. The van der Waals surface area contributed by atoms with Gasteiger partial charge < -0.3 is 15.1 Å². The highest BCUT2D eigenvalue weighted by Gasteiger charge is 2.21. The number of pyridine rings is 1. The Kier molecular flexibility index (Phi) is 6.00. The van der Waals surface area contributed by atoms with Gasteiger partial charge in [0.15, 0.2) is 0 Å². The minimum absolute atomic E-state index is 0.381. The van der Waals surface area contributed by atoms with E-state index in [0.717, 1.165) is 37.9 Å². The molecule has 1 N–H and O–H groups in total. The summed E-state index contributed by atoms with van der Waals surface area (Å²) in [7, 11) is 4.36. The molecule has 1 aliphatic rings. The van der Waals surface area contributed by atoms with Gasteiger partial charge in [0.1, 0.15) is 5.82 Å². The molecule has 4 nitrogen and oxygen atoms in total. The number of hydrogen-bond acceptors (Lipinski definition) is 4. The second-order valence-electron chi connectivity index (χ2n) is 6.31. The Morgan fingerprint density at radius 2 is 2.05 bits per heavy atom. The summed E-state index contributed by atoms with van der Waals surface area (Å²) in [5, 5.41) is 3.51. The van der Waals surface area contributed by atoms with Crippen LogP contribution in [0.25, 0.3) is 0 Å². The zero-order valence-corrected chi connectivity index (χ0v) is 14.0. The third kappa shape index (κ3) is 4.42. The SMILES string of the molecule is CCCNC(C)c1ccc(N2CCC(N(C)C)CC2)nc1.